The maximum atomic E-state index is 14.1. The predicted molar refractivity (Wildman–Crippen MR) is 157 cm³/mol. The normalized spacial score (nSPS) is 14.3. The molecule has 1 aliphatic heterocycles. The SMILES string of the molecule is O=C1/C(=C/c2cn(-c3ccccc3)nc2-c2cccc(OCc3ccccc3F)c2)SC(=S)N1Cc1ccco1. The summed E-state index contributed by atoms with van der Waals surface area (Å²) in [5.74, 6) is 0.728. The molecule has 3 heterocycles. The van der Waals surface area contributed by atoms with Gasteiger partial charge in [-0.05, 0) is 48.5 Å². The molecule has 6 nitrogen and oxygen atoms in total. The fourth-order valence-corrected chi connectivity index (χ4v) is 5.52. The Hall–Kier alpha value is -4.47. The topological polar surface area (TPSA) is 60.5 Å². The van der Waals surface area contributed by atoms with Gasteiger partial charge in [0.15, 0.2) is 0 Å². The molecule has 9 heteroatoms. The molecule has 0 aliphatic carbocycles. The summed E-state index contributed by atoms with van der Waals surface area (Å²) in [6, 6.07) is 27.3. The Morgan fingerprint density at radius 2 is 1.82 bits per heavy atom. The van der Waals surface area contributed by atoms with Crippen LogP contribution in [0.25, 0.3) is 23.0 Å². The van der Waals surface area contributed by atoms with E-state index in [0.29, 0.717) is 32.0 Å². The Morgan fingerprint density at radius 1 is 1.00 bits per heavy atom. The second-order valence-corrected chi connectivity index (χ2v) is 10.6. The van der Waals surface area contributed by atoms with E-state index in [2.05, 4.69) is 0 Å². The summed E-state index contributed by atoms with van der Waals surface area (Å²) in [6.07, 6.45) is 5.27. The van der Waals surface area contributed by atoms with E-state index < -0.39 is 0 Å². The summed E-state index contributed by atoms with van der Waals surface area (Å²) < 4.78 is 27.7. The lowest BCUT2D eigenvalue weighted by Gasteiger charge is -2.11. The quantitative estimate of drug-likeness (QED) is 0.145. The molecule has 1 saturated heterocycles. The van der Waals surface area contributed by atoms with Crippen molar-refractivity contribution >= 4 is 40.3 Å². The number of hydrogen-bond donors (Lipinski definition) is 0. The van der Waals surface area contributed by atoms with Gasteiger partial charge in [0.2, 0.25) is 0 Å². The third kappa shape index (κ3) is 5.47. The first kappa shape index (κ1) is 25.8. The highest BCUT2D eigenvalue weighted by atomic mass is 32.2. The second-order valence-electron chi connectivity index (χ2n) is 8.97. The van der Waals surface area contributed by atoms with Gasteiger partial charge in [0.25, 0.3) is 5.91 Å². The van der Waals surface area contributed by atoms with Crippen LogP contribution in [0.5, 0.6) is 5.75 Å². The van der Waals surface area contributed by atoms with E-state index in [1.54, 1.807) is 35.2 Å². The van der Waals surface area contributed by atoms with Crippen LogP contribution in [0.15, 0.2) is 113 Å². The first-order chi connectivity index (χ1) is 19.5. The number of thioether (sulfide) groups is 1. The minimum Gasteiger partial charge on any atom is -0.489 e. The molecule has 0 saturated carbocycles. The highest BCUT2D eigenvalue weighted by molar-refractivity contribution is 8.26. The fraction of sp³-hybridized carbons (Fsp3) is 0.0645. The predicted octanol–water partition coefficient (Wildman–Crippen LogP) is 7.25. The van der Waals surface area contributed by atoms with Crippen LogP contribution in [-0.2, 0) is 17.9 Å². The van der Waals surface area contributed by atoms with E-state index in [1.165, 1.54) is 22.7 Å². The molecule has 0 N–H and O–H groups in total. The van der Waals surface area contributed by atoms with Crippen LogP contribution in [0.1, 0.15) is 16.9 Å². The Bertz CT molecular complexity index is 1710. The first-order valence-electron chi connectivity index (χ1n) is 12.4. The number of furan rings is 1. The van der Waals surface area contributed by atoms with Crippen molar-refractivity contribution < 1.29 is 18.3 Å². The van der Waals surface area contributed by atoms with Gasteiger partial charge < -0.3 is 9.15 Å². The zero-order valence-electron chi connectivity index (χ0n) is 21.1. The molecule has 6 rings (SSSR count). The highest BCUT2D eigenvalue weighted by Crippen LogP contribution is 2.36. The van der Waals surface area contributed by atoms with Crippen LogP contribution in [0, 0.1) is 5.82 Å². The summed E-state index contributed by atoms with van der Waals surface area (Å²) in [4.78, 5) is 15.3. The fourth-order valence-electron chi connectivity index (χ4n) is 4.28. The maximum Gasteiger partial charge on any atom is 0.266 e. The molecule has 198 valence electrons. The lowest BCUT2D eigenvalue weighted by Crippen LogP contribution is -2.27. The molecule has 5 aromatic rings. The van der Waals surface area contributed by atoms with Crippen molar-refractivity contribution in [3.8, 4) is 22.7 Å². The summed E-state index contributed by atoms with van der Waals surface area (Å²) in [7, 11) is 0. The van der Waals surface area contributed by atoms with Crippen LogP contribution >= 0.6 is 24.0 Å². The number of para-hydroxylation sites is 1. The number of halogens is 1. The third-order valence-corrected chi connectivity index (χ3v) is 7.65. The Kier molecular flexibility index (Phi) is 7.31. The first-order valence-corrected chi connectivity index (χ1v) is 13.7. The van der Waals surface area contributed by atoms with Gasteiger partial charge in [0.1, 0.15) is 33.9 Å². The average molecular weight is 568 g/mol. The Labute approximate surface area is 239 Å². The maximum absolute atomic E-state index is 14.1. The summed E-state index contributed by atoms with van der Waals surface area (Å²) in [5, 5.41) is 4.86. The van der Waals surface area contributed by atoms with Gasteiger partial charge in [0.05, 0.1) is 23.4 Å². The van der Waals surface area contributed by atoms with Crippen molar-refractivity contribution in [2.45, 2.75) is 13.2 Å². The van der Waals surface area contributed by atoms with Gasteiger partial charge >= 0.3 is 0 Å². The van der Waals surface area contributed by atoms with Gasteiger partial charge in [-0.3, -0.25) is 9.69 Å². The number of nitrogens with zero attached hydrogens (tertiary/aromatic N) is 3. The monoisotopic (exact) mass is 567 g/mol. The van der Waals surface area contributed by atoms with Crippen LogP contribution in [0.2, 0.25) is 0 Å². The molecule has 2 aromatic heterocycles. The molecule has 3 aromatic carbocycles. The summed E-state index contributed by atoms with van der Waals surface area (Å²) in [5.41, 5.74) is 3.54. The number of carbonyl (C=O) groups is 1. The van der Waals surface area contributed by atoms with Crippen molar-refractivity contribution in [1.82, 2.24) is 14.7 Å². The van der Waals surface area contributed by atoms with Crippen molar-refractivity contribution in [3.05, 3.63) is 131 Å². The molecule has 1 amide bonds. The number of benzene rings is 3. The molecular weight excluding hydrogens is 545 g/mol. The summed E-state index contributed by atoms with van der Waals surface area (Å²) in [6.45, 7) is 0.367. The van der Waals surface area contributed by atoms with E-state index in [1.807, 2.05) is 72.9 Å². The molecule has 1 fully saturated rings. The number of aromatic nitrogens is 2. The van der Waals surface area contributed by atoms with Crippen molar-refractivity contribution in [2.75, 3.05) is 0 Å². The van der Waals surface area contributed by atoms with E-state index >= 15 is 0 Å². The lowest BCUT2D eigenvalue weighted by molar-refractivity contribution is -0.122. The van der Waals surface area contributed by atoms with E-state index in [-0.39, 0.29) is 24.9 Å². The summed E-state index contributed by atoms with van der Waals surface area (Å²) >= 11 is 6.76. The van der Waals surface area contributed by atoms with Gasteiger partial charge in [-0.2, -0.15) is 5.10 Å². The Balaban J connectivity index is 1.33. The van der Waals surface area contributed by atoms with E-state index in [9.17, 15) is 9.18 Å². The van der Waals surface area contributed by atoms with Gasteiger partial charge in [0, 0.05) is 22.9 Å². The number of thiocarbonyl (C=S) groups is 1. The average Bonchev–Trinajstić information content (AvgIpc) is 3.71. The zero-order valence-corrected chi connectivity index (χ0v) is 22.7. The zero-order chi connectivity index (χ0) is 27.5. The van der Waals surface area contributed by atoms with Gasteiger partial charge in [-0.15, -0.1) is 0 Å². The molecule has 0 atom stereocenters. The smallest absolute Gasteiger partial charge is 0.266 e. The molecule has 40 heavy (non-hydrogen) atoms. The van der Waals surface area contributed by atoms with Crippen LogP contribution in [0.4, 0.5) is 4.39 Å². The van der Waals surface area contributed by atoms with E-state index in [4.69, 9.17) is 26.5 Å². The molecular formula is C31H22FN3O3S2. The second kappa shape index (κ2) is 11.3. The highest BCUT2D eigenvalue weighted by Gasteiger charge is 2.33. The van der Waals surface area contributed by atoms with Crippen LogP contribution < -0.4 is 4.74 Å². The van der Waals surface area contributed by atoms with E-state index in [0.717, 1.165) is 16.8 Å². The van der Waals surface area contributed by atoms with Crippen LogP contribution in [0.3, 0.4) is 0 Å². The molecule has 0 spiro atoms. The lowest BCUT2D eigenvalue weighted by atomic mass is 10.1. The van der Waals surface area contributed by atoms with Crippen molar-refractivity contribution in [2.24, 2.45) is 0 Å². The van der Waals surface area contributed by atoms with Crippen LogP contribution in [-0.4, -0.2) is 24.9 Å². The third-order valence-electron chi connectivity index (χ3n) is 6.28. The minimum absolute atomic E-state index is 0.0968. The number of carbonyl (C=O) groups excluding carboxylic acids is 1. The molecule has 1 aliphatic rings. The molecule has 0 radical (unpaired) electrons. The van der Waals surface area contributed by atoms with Crippen molar-refractivity contribution in [3.63, 3.8) is 0 Å². The minimum atomic E-state index is -0.313. The van der Waals surface area contributed by atoms with Gasteiger partial charge in [-0.1, -0.05) is 72.5 Å². The van der Waals surface area contributed by atoms with Crippen molar-refractivity contribution in [1.29, 1.82) is 0 Å². The Morgan fingerprint density at radius 3 is 2.62 bits per heavy atom. The number of hydrogen-bond acceptors (Lipinski definition) is 6. The standard InChI is InChI=1S/C31H22FN3O3S2/c32-27-14-5-4-8-22(27)20-38-25-12-6-9-21(16-25)29-23(18-35(33-29)24-10-2-1-3-11-24)17-28-30(36)34(31(39)40-28)19-26-13-7-15-37-26/h1-18H,19-20H2/b28-17-. The molecule has 0 unspecified atom stereocenters. The largest absolute Gasteiger partial charge is 0.489 e. The molecule has 0 bridgehead atoms. The number of ether oxygens (including phenoxy) is 1. The number of rotatable bonds is 8. The van der Waals surface area contributed by atoms with Gasteiger partial charge in [-0.25, -0.2) is 9.07 Å². The number of amides is 1.